The third-order valence-corrected chi connectivity index (χ3v) is 3.29. The van der Waals surface area contributed by atoms with Gasteiger partial charge in [0.15, 0.2) is 0 Å². The van der Waals surface area contributed by atoms with E-state index in [0.717, 1.165) is 30.3 Å². The molecule has 0 spiro atoms. The van der Waals surface area contributed by atoms with Gasteiger partial charge in [0.05, 0.1) is 16.1 Å². The Labute approximate surface area is 142 Å². The molecule has 25 heavy (non-hydrogen) atoms. The molecule has 0 atom stereocenters. The van der Waals surface area contributed by atoms with Crippen LogP contribution in [0.2, 0.25) is 5.02 Å². The van der Waals surface area contributed by atoms with Crippen molar-refractivity contribution in [1.82, 2.24) is 0 Å². The first-order valence-electron chi connectivity index (χ1n) is 6.59. The molecule has 10 heteroatoms. The Morgan fingerprint density at radius 1 is 0.840 bits per heavy atom. The molecule has 3 nitrogen and oxygen atoms in total. The first-order valence-corrected chi connectivity index (χ1v) is 6.96. The van der Waals surface area contributed by atoms with E-state index in [2.05, 4.69) is 10.6 Å². The van der Waals surface area contributed by atoms with Crippen molar-refractivity contribution in [2.75, 3.05) is 10.6 Å². The molecule has 0 aromatic heterocycles. The van der Waals surface area contributed by atoms with Crippen molar-refractivity contribution in [3.05, 3.63) is 58.6 Å². The Morgan fingerprint density at radius 3 is 1.96 bits per heavy atom. The minimum absolute atomic E-state index is 0.0533. The molecule has 0 radical (unpaired) electrons. The fourth-order valence-electron chi connectivity index (χ4n) is 1.89. The van der Waals surface area contributed by atoms with E-state index in [0.29, 0.717) is 6.07 Å². The van der Waals surface area contributed by atoms with E-state index in [4.69, 9.17) is 11.6 Å². The van der Waals surface area contributed by atoms with Gasteiger partial charge in [-0.1, -0.05) is 17.7 Å². The van der Waals surface area contributed by atoms with E-state index in [-0.39, 0.29) is 11.4 Å². The summed E-state index contributed by atoms with van der Waals surface area (Å²) in [6.07, 6.45) is -9.22. The first-order chi connectivity index (χ1) is 11.5. The number of rotatable bonds is 2. The van der Waals surface area contributed by atoms with Crippen molar-refractivity contribution >= 4 is 29.0 Å². The standard InChI is InChI=1S/C15H9ClF6N2O/c16-12-7-10(4-5-11(12)15(20,21)22)24-13(25)23-9-3-1-2-8(6-9)14(17,18)19/h1-7H,(H2,23,24,25). The van der Waals surface area contributed by atoms with E-state index < -0.39 is 34.5 Å². The number of benzene rings is 2. The van der Waals surface area contributed by atoms with E-state index in [1.165, 1.54) is 6.07 Å². The lowest BCUT2D eigenvalue weighted by molar-refractivity contribution is -0.138. The summed E-state index contributed by atoms with van der Waals surface area (Å²) in [6.45, 7) is 0. The molecule has 2 amide bonds. The van der Waals surface area contributed by atoms with Crippen LogP contribution in [0.25, 0.3) is 0 Å². The number of hydrogen-bond acceptors (Lipinski definition) is 1. The molecule has 0 heterocycles. The van der Waals surface area contributed by atoms with Gasteiger partial charge in [-0.15, -0.1) is 0 Å². The van der Waals surface area contributed by atoms with Crippen LogP contribution in [0.4, 0.5) is 42.5 Å². The van der Waals surface area contributed by atoms with Crippen LogP contribution in [-0.4, -0.2) is 6.03 Å². The average Bonchev–Trinajstić information content (AvgIpc) is 2.45. The Morgan fingerprint density at radius 2 is 1.44 bits per heavy atom. The number of carbonyl (C=O) groups excluding carboxylic acids is 1. The van der Waals surface area contributed by atoms with E-state index in [1.54, 1.807) is 0 Å². The van der Waals surface area contributed by atoms with Crippen molar-refractivity contribution in [3.63, 3.8) is 0 Å². The van der Waals surface area contributed by atoms with Gasteiger partial charge in [-0.3, -0.25) is 0 Å². The van der Waals surface area contributed by atoms with Gasteiger partial charge in [0.1, 0.15) is 0 Å². The zero-order valence-electron chi connectivity index (χ0n) is 12.1. The summed E-state index contributed by atoms with van der Waals surface area (Å²) in [5, 5.41) is 3.72. The molecular formula is C15H9ClF6N2O. The Balaban J connectivity index is 2.10. The molecule has 2 N–H and O–H groups in total. The zero-order valence-corrected chi connectivity index (χ0v) is 12.9. The fraction of sp³-hybridized carbons (Fsp3) is 0.133. The van der Waals surface area contributed by atoms with Crippen LogP contribution < -0.4 is 10.6 Å². The first kappa shape index (κ1) is 18.9. The van der Waals surface area contributed by atoms with Crippen LogP contribution >= 0.6 is 11.6 Å². The third kappa shape index (κ3) is 5.02. The van der Waals surface area contributed by atoms with Gasteiger partial charge in [0.25, 0.3) is 0 Å². The van der Waals surface area contributed by atoms with Crippen LogP contribution in [0.5, 0.6) is 0 Å². The maximum Gasteiger partial charge on any atom is 0.417 e. The lowest BCUT2D eigenvalue weighted by atomic mass is 10.2. The molecule has 2 aromatic carbocycles. The number of carbonyl (C=O) groups is 1. The third-order valence-electron chi connectivity index (χ3n) is 2.98. The average molecular weight is 383 g/mol. The number of amides is 2. The Bertz CT molecular complexity index is 788. The highest BCUT2D eigenvalue weighted by molar-refractivity contribution is 6.31. The van der Waals surface area contributed by atoms with Gasteiger partial charge in [-0.25, -0.2) is 4.79 Å². The summed E-state index contributed by atoms with van der Waals surface area (Å²) in [7, 11) is 0. The van der Waals surface area contributed by atoms with Gasteiger partial charge >= 0.3 is 18.4 Å². The predicted octanol–water partition coefficient (Wildman–Crippen LogP) is 6.02. The molecular weight excluding hydrogens is 374 g/mol. The normalized spacial score (nSPS) is 12.0. The zero-order chi connectivity index (χ0) is 18.8. The van der Waals surface area contributed by atoms with Crippen molar-refractivity contribution in [2.24, 2.45) is 0 Å². The minimum Gasteiger partial charge on any atom is -0.308 e. The molecule has 0 unspecified atom stereocenters. The van der Waals surface area contributed by atoms with Gasteiger partial charge in [0.2, 0.25) is 0 Å². The van der Waals surface area contributed by atoms with Gasteiger partial charge in [0, 0.05) is 11.4 Å². The van der Waals surface area contributed by atoms with Crippen LogP contribution in [0, 0.1) is 0 Å². The molecule has 0 saturated carbocycles. The quantitative estimate of drug-likeness (QED) is 0.612. The molecule has 0 aliphatic carbocycles. The molecule has 0 aliphatic rings. The monoisotopic (exact) mass is 382 g/mol. The Kier molecular flexibility index (Phi) is 5.17. The van der Waals surface area contributed by atoms with E-state index >= 15 is 0 Å². The molecule has 0 saturated heterocycles. The van der Waals surface area contributed by atoms with Crippen LogP contribution in [-0.2, 0) is 12.4 Å². The highest BCUT2D eigenvalue weighted by Crippen LogP contribution is 2.36. The number of nitrogens with one attached hydrogen (secondary N) is 2. The van der Waals surface area contributed by atoms with Crippen molar-refractivity contribution in [3.8, 4) is 0 Å². The summed E-state index contributed by atoms with van der Waals surface area (Å²) in [5.74, 6) is 0. The molecule has 0 aliphatic heterocycles. The largest absolute Gasteiger partial charge is 0.417 e. The van der Waals surface area contributed by atoms with Crippen LogP contribution in [0.3, 0.4) is 0 Å². The smallest absolute Gasteiger partial charge is 0.308 e. The highest BCUT2D eigenvalue weighted by atomic mass is 35.5. The van der Waals surface area contributed by atoms with Crippen molar-refractivity contribution < 1.29 is 31.1 Å². The summed E-state index contributed by atoms with van der Waals surface area (Å²) < 4.78 is 75.6. The van der Waals surface area contributed by atoms with Crippen LogP contribution in [0.15, 0.2) is 42.5 Å². The predicted molar refractivity (Wildman–Crippen MR) is 80.5 cm³/mol. The van der Waals surface area contributed by atoms with E-state index in [9.17, 15) is 31.1 Å². The van der Waals surface area contributed by atoms with Crippen molar-refractivity contribution in [1.29, 1.82) is 0 Å². The summed E-state index contributed by atoms with van der Waals surface area (Å²) >= 11 is 5.51. The number of urea groups is 1. The number of halogens is 7. The highest BCUT2D eigenvalue weighted by Gasteiger charge is 2.33. The minimum atomic E-state index is -4.64. The molecule has 134 valence electrons. The second-order valence-electron chi connectivity index (χ2n) is 4.85. The summed E-state index contributed by atoms with van der Waals surface area (Å²) in [4.78, 5) is 11.8. The molecule has 2 aromatic rings. The lowest BCUT2D eigenvalue weighted by Gasteiger charge is -2.12. The SMILES string of the molecule is O=C(Nc1cccc(C(F)(F)F)c1)Nc1ccc(C(F)(F)F)c(Cl)c1. The van der Waals surface area contributed by atoms with Gasteiger partial charge in [-0.05, 0) is 36.4 Å². The van der Waals surface area contributed by atoms with Crippen LogP contribution in [0.1, 0.15) is 11.1 Å². The number of anilines is 2. The maximum absolute atomic E-state index is 12.6. The lowest BCUT2D eigenvalue weighted by Crippen LogP contribution is -2.20. The summed E-state index contributed by atoms with van der Waals surface area (Å²) in [6, 6.07) is 5.49. The second-order valence-corrected chi connectivity index (χ2v) is 5.26. The number of alkyl halides is 6. The summed E-state index contributed by atoms with van der Waals surface area (Å²) in [5.41, 5.74) is -2.21. The van der Waals surface area contributed by atoms with Gasteiger partial charge < -0.3 is 10.6 Å². The topological polar surface area (TPSA) is 41.1 Å². The molecule has 0 bridgehead atoms. The van der Waals surface area contributed by atoms with Gasteiger partial charge in [-0.2, -0.15) is 26.3 Å². The number of hydrogen-bond donors (Lipinski definition) is 2. The van der Waals surface area contributed by atoms with Crippen molar-refractivity contribution in [2.45, 2.75) is 12.4 Å². The maximum atomic E-state index is 12.6. The Hall–Kier alpha value is -2.42. The molecule has 2 rings (SSSR count). The molecule has 0 fully saturated rings. The fourth-order valence-corrected chi connectivity index (χ4v) is 2.18. The second kappa shape index (κ2) is 6.83. The van der Waals surface area contributed by atoms with E-state index in [1.807, 2.05) is 0 Å².